The highest BCUT2D eigenvalue weighted by Gasteiger charge is 2.30. The van der Waals surface area contributed by atoms with Crippen molar-refractivity contribution in [2.45, 2.75) is 26.0 Å². The summed E-state index contributed by atoms with van der Waals surface area (Å²) in [7, 11) is -2.22. The van der Waals surface area contributed by atoms with E-state index in [-0.39, 0.29) is 35.0 Å². The van der Waals surface area contributed by atoms with Crippen LogP contribution >= 0.6 is 0 Å². The highest BCUT2D eigenvalue weighted by Crippen LogP contribution is 2.44. The van der Waals surface area contributed by atoms with Gasteiger partial charge in [-0.1, -0.05) is 24.3 Å². The van der Waals surface area contributed by atoms with Gasteiger partial charge < -0.3 is 24.1 Å². The van der Waals surface area contributed by atoms with Gasteiger partial charge in [-0.15, -0.1) is 0 Å². The molecule has 1 unspecified atom stereocenters. The number of carbonyl (C=O) groups is 1. The van der Waals surface area contributed by atoms with E-state index in [1.165, 1.54) is 31.3 Å². The number of nitrogens with zero attached hydrogens (tertiary/aromatic N) is 1. The highest BCUT2D eigenvalue weighted by molar-refractivity contribution is 7.92. The van der Waals surface area contributed by atoms with Gasteiger partial charge in [0.25, 0.3) is 5.91 Å². The number of sulfonamides is 1. The van der Waals surface area contributed by atoms with Crippen LogP contribution in [0.1, 0.15) is 24.2 Å². The number of fused-ring (bicyclic) bond motifs is 6. The second kappa shape index (κ2) is 11.3. The number of nitrogens with one attached hydrogen (secondary N) is 2. The zero-order chi connectivity index (χ0) is 33.1. The maximum atomic E-state index is 13.8. The van der Waals surface area contributed by atoms with Crippen molar-refractivity contribution in [3.63, 3.8) is 0 Å². The van der Waals surface area contributed by atoms with Gasteiger partial charge in [-0.25, -0.2) is 12.8 Å². The highest BCUT2D eigenvalue weighted by atomic mass is 32.2. The quantitative estimate of drug-likeness (QED) is 0.182. The van der Waals surface area contributed by atoms with E-state index in [2.05, 4.69) is 14.6 Å². The molecule has 1 atom stereocenters. The monoisotopic (exact) mass is 653 g/mol. The summed E-state index contributed by atoms with van der Waals surface area (Å²) in [5.41, 5.74) is 3.82. The first-order valence-corrected chi connectivity index (χ1v) is 16.8. The number of benzene rings is 4. The fourth-order valence-electron chi connectivity index (χ4n) is 6.11. The standard InChI is InChI=1S/C36H32FN3O6S/c1-4-47(43,44)39-28-18-32-27(33(35(41)38-3)34(46-32)21-9-12-24(37)13-10-21)17-25(28)22-11-14-31-26(15-22)30-16-23-7-5-6-8-29(23)40(30)19-36(2,42)20-45-31/h5-18,39,42H,4,19-20H2,1-3H3,(H,38,41). The number of rotatable bonds is 6. The third-order valence-corrected chi connectivity index (χ3v) is 9.74. The first-order chi connectivity index (χ1) is 22.5. The molecule has 240 valence electrons. The van der Waals surface area contributed by atoms with E-state index in [1.54, 1.807) is 32.0 Å². The summed E-state index contributed by atoms with van der Waals surface area (Å²) in [6.07, 6.45) is 0. The van der Waals surface area contributed by atoms with E-state index in [9.17, 15) is 22.7 Å². The molecule has 0 radical (unpaired) electrons. The molecule has 7 rings (SSSR count). The average molecular weight is 654 g/mol. The number of halogens is 1. The number of hydrogen-bond acceptors (Lipinski definition) is 6. The normalized spacial score (nSPS) is 16.2. The average Bonchev–Trinajstić information content (AvgIpc) is 3.60. The fraction of sp³-hybridized carbons (Fsp3) is 0.194. The summed E-state index contributed by atoms with van der Waals surface area (Å²) in [5, 5.41) is 15.3. The number of hydrogen-bond donors (Lipinski definition) is 3. The zero-order valence-corrected chi connectivity index (χ0v) is 26.7. The molecule has 0 fully saturated rings. The number of ether oxygens (including phenoxy) is 1. The molecule has 0 spiro atoms. The number of aromatic nitrogens is 1. The van der Waals surface area contributed by atoms with Crippen molar-refractivity contribution in [2.24, 2.45) is 0 Å². The predicted molar refractivity (Wildman–Crippen MR) is 181 cm³/mol. The molecule has 11 heteroatoms. The van der Waals surface area contributed by atoms with Gasteiger partial charge in [-0.05, 0) is 74.0 Å². The summed E-state index contributed by atoms with van der Waals surface area (Å²) in [5.74, 6) is -0.230. The topological polar surface area (TPSA) is 123 Å². The molecule has 47 heavy (non-hydrogen) atoms. The minimum Gasteiger partial charge on any atom is -0.490 e. The molecular weight excluding hydrogens is 621 g/mol. The summed E-state index contributed by atoms with van der Waals surface area (Å²) < 4.78 is 56.7. The number of carbonyl (C=O) groups excluding carboxylic acids is 1. The Labute approximate surface area is 270 Å². The first kappa shape index (κ1) is 30.5. The lowest BCUT2D eigenvalue weighted by Gasteiger charge is -2.29. The van der Waals surface area contributed by atoms with Gasteiger partial charge in [-0.2, -0.15) is 0 Å². The molecule has 1 aliphatic heterocycles. The van der Waals surface area contributed by atoms with Crippen LogP contribution in [-0.4, -0.2) is 49.0 Å². The van der Waals surface area contributed by atoms with Crippen LogP contribution < -0.4 is 14.8 Å². The fourth-order valence-corrected chi connectivity index (χ4v) is 6.76. The predicted octanol–water partition coefficient (Wildman–Crippen LogP) is 6.79. The van der Waals surface area contributed by atoms with Crippen molar-refractivity contribution < 1.29 is 31.9 Å². The van der Waals surface area contributed by atoms with Crippen molar-refractivity contribution >= 4 is 43.5 Å². The van der Waals surface area contributed by atoms with Crippen LogP contribution in [0.3, 0.4) is 0 Å². The van der Waals surface area contributed by atoms with Crippen molar-refractivity contribution in [3.8, 4) is 39.5 Å². The van der Waals surface area contributed by atoms with Gasteiger partial charge in [0.15, 0.2) is 0 Å². The molecule has 3 N–H and O–H groups in total. The molecule has 0 aliphatic carbocycles. The molecule has 0 saturated carbocycles. The molecule has 2 aromatic heterocycles. The van der Waals surface area contributed by atoms with Crippen LogP contribution in [0.4, 0.5) is 10.1 Å². The largest absolute Gasteiger partial charge is 0.490 e. The van der Waals surface area contributed by atoms with Gasteiger partial charge in [0.05, 0.1) is 29.2 Å². The van der Waals surface area contributed by atoms with E-state index < -0.39 is 27.3 Å². The molecule has 0 saturated heterocycles. The van der Waals surface area contributed by atoms with Gasteiger partial charge in [0.2, 0.25) is 10.0 Å². The van der Waals surface area contributed by atoms with Crippen molar-refractivity contribution in [1.29, 1.82) is 0 Å². The molecular formula is C36H32FN3O6S. The third-order valence-electron chi connectivity index (χ3n) is 8.45. The number of anilines is 1. The van der Waals surface area contributed by atoms with Crippen molar-refractivity contribution in [3.05, 3.63) is 96.3 Å². The van der Waals surface area contributed by atoms with Crippen LogP contribution in [0.25, 0.3) is 55.6 Å². The lowest BCUT2D eigenvalue weighted by Crippen LogP contribution is -2.38. The molecule has 6 aromatic rings. The summed E-state index contributed by atoms with van der Waals surface area (Å²) in [6.45, 7) is 3.64. The molecule has 3 heterocycles. The van der Waals surface area contributed by atoms with E-state index in [0.717, 1.165) is 22.2 Å². The van der Waals surface area contributed by atoms with Crippen LogP contribution in [0, 0.1) is 5.82 Å². The van der Waals surface area contributed by atoms with Crippen molar-refractivity contribution in [2.75, 3.05) is 24.1 Å². The minimum absolute atomic E-state index is 0.0650. The van der Waals surface area contributed by atoms with Crippen molar-refractivity contribution in [1.82, 2.24) is 9.88 Å². The third kappa shape index (κ3) is 5.51. The second-order valence-electron chi connectivity index (χ2n) is 12.0. The Hall–Kier alpha value is -5.13. The Balaban J connectivity index is 1.49. The first-order valence-electron chi connectivity index (χ1n) is 15.1. The maximum absolute atomic E-state index is 13.8. The molecule has 0 bridgehead atoms. The smallest absolute Gasteiger partial charge is 0.255 e. The Morgan fingerprint density at radius 2 is 1.74 bits per heavy atom. The lowest BCUT2D eigenvalue weighted by molar-refractivity contribution is -0.00290. The number of aliphatic hydroxyl groups is 1. The number of amides is 1. The SMILES string of the molecule is CCS(=O)(=O)Nc1cc2oc(-c3ccc(F)cc3)c(C(=O)NC)c2cc1-c1ccc2c(c1)-c1cc3ccccc3n1CC(C)(O)CO2. The minimum atomic E-state index is -3.73. The van der Waals surface area contributed by atoms with Gasteiger partial charge in [0.1, 0.15) is 35.1 Å². The van der Waals surface area contributed by atoms with E-state index >= 15 is 0 Å². The van der Waals surface area contributed by atoms with E-state index in [0.29, 0.717) is 34.4 Å². The Kier molecular flexibility index (Phi) is 7.33. The Morgan fingerprint density at radius 1 is 1.00 bits per heavy atom. The summed E-state index contributed by atoms with van der Waals surface area (Å²) in [4.78, 5) is 13.3. The summed E-state index contributed by atoms with van der Waals surface area (Å²) >= 11 is 0. The van der Waals surface area contributed by atoms with Crippen LogP contribution in [0.15, 0.2) is 89.3 Å². The van der Waals surface area contributed by atoms with Crippen LogP contribution in [0.5, 0.6) is 5.75 Å². The van der Waals surface area contributed by atoms with E-state index in [1.807, 2.05) is 42.5 Å². The lowest BCUT2D eigenvalue weighted by atomic mass is 9.96. The summed E-state index contributed by atoms with van der Waals surface area (Å²) in [6, 6.07) is 24.4. The number of furan rings is 1. The van der Waals surface area contributed by atoms with Crippen LogP contribution in [-0.2, 0) is 16.6 Å². The zero-order valence-electron chi connectivity index (χ0n) is 25.9. The molecule has 1 amide bonds. The second-order valence-corrected chi connectivity index (χ2v) is 14.0. The van der Waals surface area contributed by atoms with E-state index in [4.69, 9.17) is 9.15 Å². The maximum Gasteiger partial charge on any atom is 0.255 e. The molecule has 1 aliphatic rings. The Bertz CT molecular complexity index is 2310. The number of para-hydroxylation sites is 1. The molecule has 9 nitrogen and oxygen atoms in total. The van der Waals surface area contributed by atoms with Crippen LogP contribution in [0.2, 0.25) is 0 Å². The Morgan fingerprint density at radius 3 is 2.49 bits per heavy atom. The van der Waals surface area contributed by atoms with Gasteiger partial charge >= 0.3 is 0 Å². The molecule has 4 aromatic carbocycles. The van der Waals surface area contributed by atoms with Gasteiger partial charge in [0, 0.05) is 46.1 Å². The van der Waals surface area contributed by atoms with Gasteiger partial charge in [-0.3, -0.25) is 9.52 Å².